The fraction of sp³-hybridized carbons (Fsp3) is 0.182. The van der Waals surface area contributed by atoms with Crippen LogP contribution >= 0.6 is 0 Å². The van der Waals surface area contributed by atoms with E-state index in [2.05, 4.69) is 16.6 Å². The number of phenolic OH excluding ortho intramolecular Hbond substituents is 1. The highest BCUT2D eigenvalue weighted by Crippen LogP contribution is 2.13. The number of hydrogen-bond acceptors (Lipinski definition) is 3. The Morgan fingerprint density at radius 2 is 2.33 bits per heavy atom. The molecule has 4 heteroatoms. The standard InChI is InChI=1S/C11H9FO3/c1-2-15-11(14)6-3-8-7-9(13)4-5-10(8)12/h4-5,7,13H,2H2,1H3. The Labute approximate surface area is 86.5 Å². The second-order valence-electron chi connectivity index (χ2n) is 2.63. The zero-order valence-electron chi connectivity index (χ0n) is 8.08. The van der Waals surface area contributed by atoms with Crippen LogP contribution < -0.4 is 0 Å². The zero-order valence-corrected chi connectivity index (χ0v) is 8.08. The highest BCUT2D eigenvalue weighted by atomic mass is 19.1. The third-order valence-corrected chi connectivity index (χ3v) is 1.52. The molecular formula is C11H9FO3. The van der Waals surface area contributed by atoms with Crippen molar-refractivity contribution in [2.45, 2.75) is 6.92 Å². The molecule has 0 fully saturated rings. The molecule has 0 radical (unpaired) electrons. The maximum absolute atomic E-state index is 13.0. The minimum Gasteiger partial charge on any atom is -0.508 e. The summed E-state index contributed by atoms with van der Waals surface area (Å²) in [5, 5.41) is 9.06. The largest absolute Gasteiger partial charge is 0.508 e. The van der Waals surface area contributed by atoms with E-state index in [1.54, 1.807) is 6.92 Å². The zero-order chi connectivity index (χ0) is 11.3. The van der Waals surface area contributed by atoms with E-state index in [9.17, 15) is 9.18 Å². The van der Waals surface area contributed by atoms with Gasteiger partial charge in [0, 0.05) is 5.92 Å². The minimum atomic E-state index is -0.722. The Kier molecular flexibility index (Phi) is 3.69. The lowest BCUT2D eigenvalue weighted by atomic mass is 10.2. The topological polar surface area (TPSA) is 46.5 Å². The second kappa shape index (κ2) is 5.01. The number of rotatable bonds is 1. The van der Waals surface area contributed by atoms with Crippen molar-refractivity contribution < 1.29 is 19.0 Å². The van der Waals surface area contributed by atoms with E-state index >= 15 is 0 Å². The van der Waals surface area contributed by atoms with Crippen molar-refractivity contribution in [1.82, 2.24) is 0 Å². The molecule has 1 N–H and O–H groups in total. The van der Waals surface area contributed by atoms with Crippen LogP contribution in [0.1, 0.15) is 12.5 Å². The van der Waals surface area contributed by atoms with E-state index in [-0.39, 0.29) is 17.9 Å². The molecule has 0 bridgehead atoms. The molecule has 1 aromatic carbocycles. The first-order valence-corrected chi connectivity index (χ1v) is 4.30. The predicted molar refractivity (Wildman–Crippen MR) is 51.6 cm³/mol. The molecule has 1 aromatic rings. The van der Waals surface area contributed by atoms with Crippen molar-refractivity contribution in [3.05, 3.63) is 29.6 Å². The van der Waals surface area contributed by atoms with Crippen LogP contribution in [0.4, 0.5) is 4.39 Å². The lowest BCUT2D eigenvalue weighted by Gasteiger charge is -1.95. The maximum Gasteiger partial charge on any atom is 0.384 e. The molecule has 0 aliphatic rings. The smallest absolute Gasteiger partial charge is 0.384 e. The summed E-state index contributed by atoms with van der Waals surface area (Å²) in [5.74, 6) is 2.96. The average molecular weight is 208 g/mol. The van der Waals surface area contributed by atoms with Gasteiger partial charge in [-0.05, 0) is 25.1 Å². The third-order valence-electron chi connectivity index (χ3n) is 1.52. The third kappa shape index (κ3) is 3.31. The van der Waals surface area contributed by atoms with Crippen LogP contribution in [-0.2, 0) is 9.53 Å². The van der Waals surface area contributed by atoms with Gasteiger partial charge in [-0.2, -0.15) is 0 Å². The summed E-state index contributed by atoms with van der Waals surface area (Å²) in [5.41, 5.74) is -0.0388. The van der Waals surface area contributed by atoms with Crippen LogP contribution in [0.5, 0.6) is 5.75 Å². The minimum absolute atomic E-state index is 0.0388. The molecule has 78 valence electrons. The molecule has 0 spiro atoms. The van der Waals surface area contributed by atoms with Gasteiger partial charge < -0.3 is 9.84 Å². The quantitative estimate of drug-likeness (QED) is 0.561. The molecular weight excluding hydrogens is 199 g/mol. The van der Waals surface area contributed by atoms with Crippen molar-refractivity contribution >= 4 is 5.97 Å². The molecule has 0 amide bonds. The number of ether oxygens (including phenoxy) is 1. The van der Waals surface area contributed by atoms with Gasteiger partial charge in [0.15, 0.2) is 0 Å². The number of halogens is 1. The summed E-state index contributed by atoms with van der Waals surface area (Å²) in [6.45, 7) is 1.87. The van der Waals surface area contributed by atoms with Crippen molar-refractivity contribution in [3.63, 3.8) is 0 Å². The summed E-state index contributed by atoms with van der Waals surface area (Å²) < 4.78 is 17.6. The molecule has 0 aromatic heterocycles. The van der Waals surface area contributed by atoms with Gasteiger partial charge in [-0.25, -0.2) is 9.18 Å². The predicted octanol–water partition coefficient (Wildman–Crippen LogP) is 1.45. The molecule has 0 atom stereocenters. The number of carbonyl (C=O) groups excluding carboxylic acids is 1. The van der Waals surface area contributed by atoms with E-state index in [4.69, 9.17) is 5.11 Å². The summed E-state index contributed by atoms with van der Waals surface area (Å²) >= 11 is 0. The van der Waals surface area contributed by atoms with Crippen molar-refractivity contribution in [1.29, 1.82) is 0 Å². The fourth-order valence-electron chi connectivity index (χ4n) is 0.895. The first kappa shape index (κ1) is 11.1. The summed E-state index contributed by atoms with van der Waals surface area (Å²) in [6.07, 6.45) is 0. The second-order valence-corrected chi connectivity index (χ2v) is 2.63. The first-order valence-electron chi connectivity index (χ1n) is 4.30. The summed E-state index contributed by atoms with van der Waals surface area (Å²) in [6, 6.07) is 3.41. The lowest BCUT2D eigenvalue weighted by Crippen LogP contribution is -1.99. The Morgan fingerprint density at radius 1 is 1.60 bits per heavy atom. The molecule has 1 rings (SSSR count). The van der Waals surface area contributed by atoms with Crippen LogP contribution in [0.3, 0.4) is 0 Å². The van der Waals surface area contributed by atoms with Gasteiger partial charge in [-0.1, -0.05) is 5.92 Å². The molecule has 0 saturated carbocycles. The van der Waals surface area contributed by atoms with Gasteiger partial charge in [0.2, 0.25) is 0 Å². The van der Waals surface area contributed by atoms with Crippen molar-refractivity contribution in [2.75, 3.05) is 6.61 Å². The van der Waals surface area contributed by atoms with Gasteiger partial charge in [0.25, 0.3) is 0 Å². The van der Waals surface area contributed by atoms with Crippen LogP contribution in [0.15, 0.2) is 18.2 Å². The van der Waals surface area contributed by atoms with E-state index in [1.165, 1.54) is 6.07 Å². The summed E-state index contributed by atoms with van der Waals surface area (Å²) in [7, 11) is 0. The number of benzene rings is 1. The number of esters is 1. The van der Waals surface area contributed by atoms with Gasteiger partial charge >= 0.3 is 5.97 Å². The van der Waals surface area contributed by atoms with E-state index in [0.717, 1.165) is 12.1 Å². The SMILES string of the molecule is CCOC(=O)C#Cc1cc(O)ccc1F. The number of aromatic hydroxyl groups is 1. The Bertz CT molecular complexity index is 429. The average Bonchev–Trinajstić information content (AvgIpc) is 2.20. The molecule has 0 aliphatic heterocycles. The van der Waals surface area contributed by atoms with E-state index in [1.807, 2.05) is 0 Å². The molecule has 0 heterocycles. The van der Waals surface area contributed by atoms with E-state index in [0.29, 0.717) is 0 Å². The van der Waals surface area contributed by atoms with Crippen LogP contribution in [0, 0.1) is 17.7 Å². The number of carbonyl (C=O) groups is 1. The molecule has 15 heavy (non-hydrogen) atoms. The Hall–Kier alpha value is -2.02. The monoisotopic (exact) mass is 208 g/mol. The van der Waals surface area contributed by atoms with Crippen LogP contribution in [-0.4, -0.2) is 17.7 Å². The normalized spacial score (nSPS) is 8.93. The van der Waals surface area contributed by atoms with Crippen LogP contribution in [0.25, 0.3) is 0 Å². The molecule has 0 aliphatic carbocycles. The Balaban J connectivity index is 2.88. The fourth-order valence-corrected chi connectivity index (χ4v) is 0.895. The lowest BCUT2D eigenvalue weighted by molar-refractivity contribution is -0.136. The number of phenols is 1. The van der Waals surface area contributed by atoms with Gasteiger partial charge in [0.05, 0.1) is 12.2 Å². The maximum atomic E-state index is 13.0. The highest BCUT2D eigenvalue weighted by Gasteiger charge is 2.00. The highest BCUT2D eigenvalue weighted by molar-refractivity contribution is 5.89. The number of hydrogen-bond donors (Lipinski definition) is 1. The molecule has 0 saturated heterocycles. The van der Waals surface area contributed by atoms with Gasteiger partial charge in [-0.3, -0.25) is 0 Å². The Morgan fingerprint density at radius 3 is 3.00 bits per heavy atom. The van der Waals surface area contributed by atoms with Crippen LogP contribution in [0.2, 0.25) is 0 Å². The molecule has 0 unspecified atom stereocenters. The van der Waals surface area contributed by atoms with E-state index < -0.39 is 11.8 Å². The van der Waals surface area contributed by atoms with Gasteiger partial charge in [-0.15, -0.1) is 0 Å². The first-order chi connectivity index (χ1) is 7.13. The van der Waals surface area contributed by atoms with Crippen molar-refractivity contribution in [2.24, 2.45) is 0 Å². The van der Waals surface area contributed by atoms with Gasteiger partial charge in [0.1, 0.15) is 11.6 Å². The summed E-state index contributed by atoms with van der Waals surface area (Å²) in [4.78, 5) is 10.8. The molecule has 3 nitrogen and oxygen atoms in total. The van der Waals surface area contributed by atoms with Crippen molar-refractivity contribution in [3.8, 4) is 17.6 Å².